The number of anilines is 1. The Balaban J connectivity index is 2.31. The molecular weight excluding hydrogens is 264 g/mol. The van der Waals surface area contributed by atoms with Crippen LogP contribution in [0.3, 0.4) is 0 Å². The molecule has 2 aromatic heterocycles. The molecule has 0 fully saturated rings. The summed E-state index contributed by atoms with van der Waals surface area (Å²) in [5.41, 5.74) is -0.301. The second-order valence-corrected chi connectivity index (χ2v) is 4.15. The molecule has 0 aliphatic carbocycles. The van der Waals surface area contributed by atoms with Crippen molar-refractivity contribution in [2.75, 3.05) is 12.4 Å². The summed E-state index contributed by atoms with van der Waals surface area (Å²) in [4.78, 5) is 18.1. The third-order valence-corrected chi connectivity index (χ3v) is 2.71. The largest absolute Gasteiger partial charge is 0.476 e. The van der Waals surface area contributed by atoms with Gasteiger partial charge in [0.2, 0.25) is 5.82 Å². The molecule has 0 saturated carbocycles. The van der Waals surface area contributed by atoms with E-state index in [4.69, 9.17) is 9.15 Å². The van der Waals surface area contributed by atoms with Gasteiger partial charge in [-0.3, -0.25) is 10.1 Å². The monoisotopic (exact) mass is 278 g/mol. The molecule has 1 atom stereocenters. The van der Waals surface area contributed by atoms with Crippen molar-refractivity contribution in [3.8, 4) is 5.88 Å². The highest BCUT2D eigenvalue weighted by Gasteiger charge is 2.25. The summed E-state index contributed by atoms with van der Waals surface area (Å²) < 4.78 is 10.3. The molecular formula is C12H14N4O4. The van der Waals surface area contributed by atoms with Gasteiger partial charge in [0.05, 0.1) is 18.1 Å². The topological polar surface area (TPSA) is 103 Å². The van der Waals surface area contributed by atoms with Gasteiger partial charge in [-0.1, -0.05) is 0 Å². The molecule has 0 amide bonds. The molecule has 20 heavy (non-hydrogen) atoms. The zero-order valence-electron chi connectivity index (χ0n) is 11.3. The molecule has 1 N–H and O–H groups in total. The van der Waals surface area contributed by atoms with Gasteiger partial charge in [0.25, 0.3) is 5.88 Å². The second-order valence-electron chi connectivity index (χ2n) is 4.15. The average molecular weight is 278 g/mol. The number of hydrogen-bond donors (Lipinski definition) is 1. The molecule has 0 radical (unpaired) electrons. The number of furan rings is 1. The molecule has 1 unspecified atom stereocenters. The number of aromatic nitrogens is 2. The Hall–Kier alpha value is -2.64. The second kappa shape index (κ2) is 5.55. The van der Waals surface area contributed by atoms with Gasteiger partial charge in [-0.2, -0.15) is 4.98 Å². The van der Waals surface area contributed by atoms with Gasteiger partial charge in [0.1, 0.15) is 17.8 Å². The Bertz CT molecular complexity index is 626. The van der Waals surface area contributed by atoms with Crippen molar-refractivity contribution in [3.63, 3.8) is 0 Å². The van der Waals surface area contributed by atoms with Crippen molar-refractivity contribution in [1.82, 2.24) is 9.97 Å². The predicted octanol–water partition coefficient (Wildman–Crippen LogP) is 2.47. The van der Waals surface area contributed by atoms with E-state index in [2.05, 4.69) is 15.3 Å². The Morgan fingerprint density at radius 1 is 1.45 bits per heavy atom. The SMILES string of the molecule is COc1ncnc(NC(C)c2ccc(C)o2)c1[N+](=O)[O-]. The lowest BCUT2D eigenvalue weighted by molar-refractivity contribution is -0.385. The lowest BCUT2D eigenvalue weighted by atomic mass is 10.2. The van der Waals surface area contributed by atoms with E-state index in [0.717, 1.165) is 5.76 Å². The first-order chi connectivity index (χ1) is 9.52. The maximum Gasteiger partial charge on any atom is 0.372 e. The molecule has 2 aromatic rings. The first-order valence-electron chi connectivity index (χ1n) is 5.89. The molecule has 0 spiro atoms. The van der Waals surface area contributed by atoms with E-state index in [0.29, 0.717) is 5.76 Å². The van der Waals surface area contributed by atoms with Crippen LogP contribution in [0.15, 0.2) is 22.9 Å². The minimum absolute atomic E-state index is 0.0865. The summed E-state index contributed by atoms with van der Waals surface area (Å²) in [5.74, 6) is 1.43. The number of ether oxygens (including phenoxy) is 1. The van der Waals surface area contributed by atoms with Crippen LogP contribution in [0.4, 0.5) is 11.5 Å². The third kappa shape index (κ3) is 2.68. The van der Waals surface area contributed by atoms with Gasteiger partial charge in [0, 0.05) is 0 Å². The molecule has 0 aliphatic rings. The fraction of sp³-hybridized carbons (Fsp3) is 0.333. The Kier molecular flexibility index (Phi) is 3.83. The maximum atomic E-state index is 11.1. The van der Waals surface area contributed by atoms with Gasteiger partial charge in [-0.25, -0.2) is 4.98 Å². The molecule has 2 heterocycles. The lowest BCUT2D eigenvalue weighted by Gasteiger charge is -2.12. The van der Waals surface area contributed by atoms with Crippen molar-refractivity contribution in [1.29, 1.82) is 0 Å². The number of nitro groups is 1. The molecule has 2 rings (SSSR count). The van der Waals surface area contributed by atoms with Crippen LogP contribution in [0.5, 0.6) is 5.88 Å². The van der Waals surface area contributed by atoms with Crippen LogP contribution in [0, 0.1) is 17.0 Å². The van der Waals surface area contributed by atoms with Crippen molar-refractivity contribution in [3.05, 3.63) is 40.1 Å². The van der Waals surface area contributed by atoms with Crippen LogP contribution in [-0.2, 0) is 0 Å². The quantitative estimate of drug-likeness (QED) is 0.661. The van der Waals surface area contributed by atoms with E-state index in [1.54, 1.807) is 6.07 Å². The highest BCUT2D eigenvalue weighted by atomic mass is 16.6. The van der Waals surface area contributed by atoms with Crippen LogP contribution in [-0.4, -0.2) is 22.0 Å². The fourth-order valence-corrected chi connectivity index (χ4v) is 1.74. The lowest BCUT2D eigenvalue weighted by Crippen LogP contribution is -2.10. The van der Waals surface area contributed by atoms with E-state index in [9.17, 15) is 10.1 Å². The van der Waals surface area contributed by atoms with Crippen LogP contribution in [0.1, 0.15) is 24.5 Å². The van der Waals surface area contributed by atoms with E-state index in [1.165, 1.54) is 13.4 Å². The number of rotatable bonds is 5. The standard InChI is InChI=1S/C12H14N4O4/c1-7-4-5-9(20-7)8(2)15-11-10(16(17)18)12(19-3)14-6-13-11/h4-6,8H,1-3H3,(H,13,14,15). The highest BCUT2D eigenvalue weighted by molar-refractivity contribution is 5.61. The number of methoxy groups -OCH3 is 1. The van der Waals surface area contributed by atoms with Crippen LogP contribution < -0.4 is 10.1 Å². The summed E-state index contributed by atoms with van der Waals surface area (Å²) >= 11 is 0. The molecule has 0 bridgehead atoms. The number of nitrogens with one attached hydrogen (secondary N) is 1. The van der Waals surface area contributed by atoms with Crippen molar-refractivity contribution in [2.45, 2.75) is 19.9 Å². The van der Waals surface area contributed by atoms with Crippen LogP contribution in [0.25, 0.3) is 0 Å². The summed E-state index contributed by atoms with van der Waals surface area (Å²) in [6.45, 7) is 3.64. The summed E-state index contributed by atoms with van der Waals surface area (Å²) in [6.07, 6.45) is 1.20. The minimum atomic E-state index is -0.582. The first kappa shape index (κ1) is 13.8. The smallest absolute Gasteiger partial charge is 0.372 e. The molecule has 0 aromatic carbocycles. The molecule has 8 heteroatoms. The van der Waals surface area contributed by atoms with Gasteiger partial charge in [-0.05, 0) is 26.0 Å². The number of aryl methyl sites for hydroxylation is 1. The molecule has 8 nitrogen and oxygen atoms in total. The fourth-order valence-electron chi connectivity index (χ4n) is 1.74. The van der Waals surface area contributed by atoms with Gasteiger partial charge < -0.3 is 14.5 Å². The van der Waals surface area contributed by atoms with Crippen molar-refractivity contribution in [2.24, 2.45) is 0 Å². The summed E-state index contributed by atoms with van der Waals surface area (Å²) in [5, 5.41) is 14.0. The highest BCUT2D eigenvalue weighted by Crippen LogP contribution is 2.32. The zero-order chi connectivity index (χ0) is 14.7. The Morgan fingerprint density at radius 2 is 2.20 bits per heavy atom. The minimum Gasteiger partial charge on any atom is -0.476 e. The van der Waals surface area contributed by atoms with Crippen LogP contribution in [0.2, 0.25) is 0 Å². The van der Waals surface area contributed by atoms with Crippen molar-refractivity contribution >= 4 is 11.5 Å². The molecule has 0 saturated heterocycles. The Labute approximate surface area is 114 Å². The summed E-state index contributed by atoms with van der Waals surface area (Å²) in [6, 6.07) is 3.35. The van der Waals surface area contributed by atoms with Gasteiger partial charge in [0.15, 0.2) is 0 Å². The zero-order valence-corrected chi connectivity index (χ0v) is 11.3. The third-order valence-electron chi connectivity index (χ3n) is 2.71. The van der Waals surface area contributed by atoms with Gasteiger partial charge in [-0.15, -0.1) is 0 Å². The van der Waals surface area contributed by atoms with E-state index in [-0.39, 0.29) is 23.4 Å². The van der Waals surface area contributed by atoms with Gasteiger partial charge >= 0.3 is 5.69 Å². The average Bonchev–Trinajstić information content (AvgIpc) is 2.84. The van der Waals surface area contributed by atoms with Crippen LogP contribution >= 0.6 is 0 Å². The number of hydrogen-bond acceptors (Lipinski definition) is 7. The summed E-state index contributed by atoms with van der Waals surface area (Å²) in [7, 11) is 1.32. The van der Waals surface area contributed by atoms with E-state index < -0.39 is 4.92 Å². The molecule has 0 aliphatic heterocycles. The van der Waals surface area contributed by atoms with E-state index in [1.807, 2.05) is 19.9 Å². The maximum absolute atomic E-state index is 11.1. The Morgan fingerprint density at radius 3 is 2.75 bits per heavy atom. The van der Waals surface area contributed by atoms with E-state index >= 15 is 0 Å². The van der Waals surface area contributed by atoms with Crippen molar-refractivity contribution < 1.29 is 14.1 Å². The first-order valence-corrected chi connectivity index (χ1v) is 5.89. The predicted molar refractivity (Wildman–Crippen MR) is 70.7 cm³/mol. The molecule has 106 valence electrons. The normalized spacial score (nSPS) is 11.9. The number of nitrogens with zero attached hydrogens (tertiary/aromatic N) is 3.